The van der Waals surface area contributed by atoms with Gasteiger partial charge in [0.1, 0.15) is 32.0 Å². The van der Waals surface area contributed by atoms with Crippen molar-refractivity contribution < 1.29 is 24.0 Å². The Kier molecular flexibility index (Phi) is 23.1. The fraction of sp³-hybridized carbons (Fsp3) is 0.444. The lowest BCUT2D eigenvalue weighted by Crippen LogP contribution is -2.43. The number of aryl methyl sites for hydroxylation is 3. The number of nitrogens with zero attached hydrogens (tertiary/aromatic N) is 8. The summed E-state index contributed by atoms with van der Waals surface area (Å²) in [6.07, 6.45) is 8.32. The molecule has 4 N–H and O–H groups in total. The zero-order valence-corrected chi connectivity index (χ0v) is 43.9. The minimum absolute atomic E-state index is 0.0606. The summed E-state index contributed by atoms with van der Waals surface area (Å²) in [5.74, 6) is 1.46. The van der Waals surface area contributed by atoms with Gasteiger partial charge in [-0.05, 0) is 40.1 Å². The maximum absolute atomic E-state index is 13.7. The van der Waals surface area contributed by atoms with Gasteiger partial charge in [-0.25, -0.2) is 14.4 Å². The molecule has 1 aliphatic heterocycles. The molecule has 1 aliphatic rings. The van der Waals surface area contributed by atoms with E-state index in [1.807, 2.05) is 0 Å². The number of aromatic amines is 3. The van der Waals surface area contributed by atoms with Crippen LogP contribution in [0.3, 0.4) is 0 Å². The highest BCUT2D eigenvalue weighted by atomic mass is 33.1. The number of H-pyrrole nitrogens is 3. The largest absolute Gasteiger partial charge is 0.339 e. The summed E-state index contributed by atoms with van der Waals surface area (Å²) in [6, 6.07) is 0. The molecule has 0 aromatic carbocycles. The average molecular weight is 1070 g/mol. The Morgan fingerprint density at radius 3 is 1.26 bits per heavy atom. The Hall–Kier alpha value is -6.45. The molecule has 0 aliphatic carbocycles. The first-order chi connectivity index (χ1) is 34.2. The molecule has 72 heavy (non-hydrogen) atoms. The third-order valence-electron chi connectivity index (χ3n) is 10.8. The lowest BCUT2D eigenvalue weighted by Gasteiger charge is -2.29. The molecule has 0 fully saturated rings. The Labute approximate surface area is 430 Å². The molecule has 0 saturated carbocycles. The van der Waals surface area contributed by atoms with E-state index >= 15 is 0 Å². The predicted molar refractivity (Wildman–Crippen MR) is 282 cm³/mol. The molecule has 0 atom stereocenters. The lowest BCUT2D eigenvalue weighted by atomic mass is 10.2. The molecule has 0 unspecified atom stereocenters. The van der Waals surface area contributed by atoms with Crippen LogP contribution in [0.4, 0.5) is 0 Å². The lowest BCUT2D eigenvalue weighted by molar-refractivity contribution is -0.132. The van der Waals surface area contributed by atoms with E-state index in [0.29, 0.717) is 59.7 Å². The van der Waals surface area contributed by atoms with Crippen molar-refractivity contribution >= 4 is 74.6 Å². The number of thioether (sulfide) groups is 2. The zero-order valence-electron chi connectivity index (χ0n) is 40.6. The van der Waals surface area contributed by atoms with Gasteiger partial charge in [-0.15, -0.1) is 0 Å². The van der Waals surface area contributed by atoms with Crippen LogP contribution in [0.1, 0.15) is 23.6 Å². The fourth-order valence-corrected chi connectivity index (χ4v) is 10.4. The molecule has 390 valence electrons. The molecule has 23 nitrogen and oxygen atoms in total. The molecular weight excluding hydrogens is 1010 g/mol. The van der Waals surface area contributed by atoms with Gasteiger partial charge in [0.2, 0.25) is 23.6 Å². The summed E-state index contributed by atoms with van der Waals surface area (Å²) in [6.45, 7) is 18.3. The second-order valence-corrected chi connectivity index (χ2v) is 21.3. The number of aromatic nitrogens is 6. The van der Waals surface area contributed by atoms with Gasteiger partial charge in [0.05, 0.1) is 0 Å². The molecule has 0 radical (unpaired) electrons. The van der Waals surface area contributed by atoms with Crippen LogP contribution in [0.15, 0.2) is 97.1 Å². The van der Waals surface area contributed by atoms with Crippen LogP contribution in [0.2, 0.25) is 0 Å². The number of hydrogen-bond donors (Lipinski definition) is 4. The quantitative estimate of drug-likeness (QED) is 0.0519. The standard InChI is InChI=1S/C45H60N12O11S4/c1-8-50(35(58)26-54-22-30(3)39(62)46-34(54)7)10-16-69-18-12-52(37(60)28-56-24-32(5)41(64)48-44(56)67)14-20-71-72-21-15-53(38(61)29-57-25-33(6)42(65)49-45(57)68)13-19-70-17-11-51(9-2)36(59)27-55-23-31(4)40(63)47-43(55)66/h8-9,22-25H,1-2,7,10-21,26-29H2,3-6H3,(H,46,62)(H,47,63,66)(H,48,64,67)(H,49,65,68). The van der Waals surface area contributed by atoms with Gasteiger partial charge in [0, 0.05) is 121 Å². The number of amides is 5. The third-order valence-corrected chi connectivity index (χ3v) is 15.1. The van der Waals surface area contributed by atoms with Crippen LogP contribution in [-0.4, -0.2) is 163 Å². The van der Waals surface area contributed by atoms with Crippen molar-refractivity contribution in [2.75, 3.05) is 80.3 Å². The first kappa shape index (κ1) is 58.1. The van der Waals surface area contributed by atoms with Crippen LogP contribution in [0.5, 0.6) is 0 Å². The molecule has 0 bridgehead atoms. The summed E-state index contributed by atoms with van der Waals surface area (Å²) >= 11 is 2.97. The number of nitrogens with one attached hydrogen (secondary N) is 4. The Morgan fingerprint density at radius 2 is 0.875 bits per heavy atom. The van der Waals surface area contributed by atoms with E-state index in [-0.39, 0.29) is 92.0 Å². The monoisotopic (exact) mass is 1070 g/mol. The van der Waals surface area contributed by atoms with Crippen LogP contribution >= 0.6 is 45.1 Å². The normalized spacial score (nSPS) is 12.2. The topological polar surface area (TPSA) is 278 Å². The van der Waals surface area contributed by atoms with E-state index in [9.17, 15) is 52.7 Å². The molecule has 3 aromatic rings. The first-order valence-electron chi connectivity index (χ1n) is 22.4. The van der Waals surface area contributed by atoms with Gasteiger partial charge in [0.15, 0.2) is 0 Å². The van der Waals surface area contributed by atoms with Crippen molar-refractivity contribution in [1.82, 2.24) is 58.5 Å². The molecular formula is C45H60N12O11S4. The minimum Gasteiger partial charge on any atom is -0.339 e. The first-order valence-corrected chi connectivity index (χ1v) is 27.2. The van der Waals surface area contributed by atoms with E-state index in [1.165, 1.54) is 107 Å². The van der Waals surface area contributed by atoms with Crippen molar-refractivity contribution in [2.45, 2.75) is 47.3 Å². The molecule has 0 saturated heterocycles. The highest BCUT2D eigenvalue weighted by Gasteiger charge is 2.23. The van der Waals surface area contributed by atoms with Gasteiger partial charge in [0.25, 0.3) is 22.6 Å². The second-order valence-electron chi connectivity index (χ2n) is 16.1. The van der Waals surface area contributed by atoms with Crippen LogP contribution in [0, 0.1) is 20.8 Å². The predicted octanol–water partition coefficient (Wildman–Crippen LogP) is -0.182. The van der Waals surface area contributed by atoms with Crippen molar-refractivity contribution in [2.24, 2.45) is 0 Å². The second kappa shape index (κ2) is 28.6. The summed E-state index contributed by atoms with van der Waals surface area (Å²) in [7, 11) is 2.94. The number of carbonyl (C=O) groups excluding carboxylic acids is 5. The number of hydrogen-bond acceptors (Lipinski definition) is 16. The molecule has 4 rings (SSSR count). The minimum atomic E-state index is -0.722. The van der Waals surface area contributed by atoms with Crippen LogP contribution < -0.4 is 39.1 Å². The number of rotatable bonds is 29. The smallest absolute Gasteiger partial charge is 0.328 e. The molecule has 4 heterocycles. The zero-order chi connectivity index (χ0) is 53.1. The van der Waals surface area contributed by atoms with Crippen molar-refractivity contribution in [1.29, 1.82) is 0 Å². The average Bonchev–Trinajstić information content (AvgIpc) is 3.32. The maximum atomic E-state index is 13.7. The van der Waals surface area contributed by atoms with Gasteiger partial charge < -0.3 is 29.8 Å². The molecule has 3 aromatic heterocycles. The molecule has 5 amide bonds. The van der Waals surface area contributed by atoms with Crippen molar-refractivity contribution in [3.8, 4) is 0 Å². The van der Waals surface area contributed by atoms with E-state index in [2.05, 4.69) is 40.0 Å². The van der Waals surface area contributed by atoms with Gasteiger partial charge >= 0.3 is 17.1 Å². The highest BCUT2D eigenvalue weighted by Crippen LogP contribution is 2.22. The Morgan fingerprint density at radius 1 is 0.528 bits per heavy atom. The van der Waals surface area contributed by atoms with Gasteiger partial charge in [-0.1, -0.05) is 41.3 Å². The van der Waals surface area contributed by atoms with Gasteiger partial charge in [-0.2, -0.15) is 23.5 Å². The fourth-order valence-electron chi connectivity index (χ4n) is 6.64. The molecule has 27 heteroatoms. The van der Waals surface area contributed by atoms with Crippen molar-refractivity contribution in [3.05, 3.63) is 148 Å². The third kappa shape index (κ3) is 17.7. The maximum Gasteiger partial charge on any atom is 0.328 e. The number of carbonyl (C=O) groups is 5. The Balaban J connectivity index is 1.32. The van der Waals surface area contributed by atoms with E-state index < -0.39 is 39.7 Å². The molecule has 0 spiro atoms. The van der Waals surface area contributed by atoms with Crippen molar-refractivity contribution in [3.63, 3.8) is 0 Å². The highest BCUT2D eigenvalue weighted by molar-refractivity contribution is 8.76. The SMILES string of the molecule is C=CN(CCSCCN(CCSSCCN(CCSCCN(C=C)C(=O)Cn1cc(C)c(=O)[nH]c1=O)C(=O)Cn1cc(C)c(=O)[nH]c1=O)C(=O)Cn1cc(C)c(=O)[nH]c1=O)C(=O)CN1C=C(C)C(=O)NC1=C. The van der Waals surface area contributed by atoms with E-state index in [1.54, 1.807) is 27.8 Å². The summed E-state index contributed by atoms with van der Waals surface area (Å²) in [4.78, 5) is 153. The van der Waals surface area contributed by atoms with Gasteiger partial charge in [-0.3, -0.25) is 67.0 Å². The Bertz CT molecular complexity index is 2900. The summed E-state index contributed by atoms with van der Waals surface area (Å²) in [5.41, 5.74) is -2.53. The van der Waals surface area contributed by atoms with Crippen LogP contribution in [0.25, 0.3) is 0 Å². The summed E-state index contributed by atoms with van der Waals surface area (Å²) in [5, 5.41) is 2.61. The van der Waals surface area contributed by atoms with E-state index in [0.717, 1.165) is 13.7 Å². The van der Waals surface area contributed by atoms with E-state index in [4.69, 9.17) is 0 Å². The van der Waals surface area contributed by atoms with Crippen LogP contribution in [-0.2, 0) is 43.6 Å². The summed E-state index contributed by atoms with van der Waals surface area (Å²) < 4.78 is 3.40.